The lowest BCUT2D eigenvalue weighted by atomic mass is 10.4. The molecule has 2 amide bonds. The highest BCUT2D eigenvalue weighted by molar-refractivity contribution is 5.83. The van der Waals surface area contributed by atoms with Crippen LogP contribution in [0.15, 0.2) is 0 Å². The predicted molar refractivity (Wildman–Crippen MR) is 53.3 cm³/mol. The maximum Gasteiger partial charge on any atom is 0.239 e. The number of hydrogen-bond donors (Lipinski definition) is 1. The highest BCUT2D eigenvalue weighted by atomic mass is 16.2. The largest absolute Gasteiger partial charge is 0.358 e. The molecule has 0 fully saturated rings. The second-order valence-corrected chi connectivity index (χ2v) is 2.21. The molecule has 0 aromatic rings. The van der Waals surface area contributed by atoms with Crippen LogP contribution in [0.4, 0.5) is 0 Å². The monoisotopic (exact) mass is 188 g/mol. The average Bonchev–Trinajstić information content (AvgIpc) is 2.16. The minimum Gasteiger partial charge on any atom is -0.358 e. The third-order valence-electron chi connectivity index (χ3n) is 1.44. The molecule has 4 nitrogen and oxygen atoms in total. The van der Waals surface area contributed by atoms with Gasteiger partial charge < -0.3 is 10.2 Å². The zero-order valence-corrected chi connectivity index (χ0v) is 9.18. The van der Waals surface area contributed by atoms with E-state index in [1.165, 1.54) is 11.8 Å². The van der Waals surface area contributed by atoms with Crippen molar-refractivity contribution >= 4 is 11.8 Å². The fourth-order valence-electron chi connectivity index (χ4n) is 0.698. The molecule has 0 saturated carbocycles. The topological polar surface area (TPSA) is 49.4 Å². The molecule has 1 N–H and O–H groups in total. The molecule has 0 saturated heterocycles. The molecular formula is C9H20N2O2. The van der Waals surface area contributed by atoms with Gasteiger partial charge in [-0.25, -0.2) is 0 Å². The highest BCUT2D eigenvalue weighted by Gasteiger charge is 2.08. The molecule has 0 radical (unpaired) electrons. The summed E-state index contributed by atoms with van der Waals surface area (Å²) in [6, 6.07) is 0. The van der Waals surface area contributed by atoms with Crippen LogP contribution < -0.4 is 5.32 Å². The first-order chi connectivity index (χ1) is 6.11. The molecule has 4 heteroatoms. The smallest absolute Gasteiger partial charge is 0.239 e. The Kier molecular flexibility index (Phi) is 10.0. The fourth-order valence-corrected chi connectivity index (χ4v) is 0.698. The van der Waals surface area contributed by atoms with Crippen LogP contribution in [0, 0.1) is 0 Å². The highest BCUT2D eigenvalue weighted by Crippen LogP contribution is 1.87. The van der Waals surface area contributed by atoms with Crippen LogP contribution in [0.1, 0.15) is 27.7 Å². The molecule has 0 aromatic heterocycles. The predicted octanol–water partition coefficient (Wildman–Crippen LogP) is 0.627. The number of carbonyl (C=O) groups is 2. The second kappa shape index (κ2) is 9.03. The summed E-state index contributed by atoms with van der Waals surface area (Å²) < 4.78 is 0. The van der Waals surface area contributed by atoms with E-state index in [9.17, 15) is 9.59 Å². The molecule has 0 aliphatic heterocycles. The molecule has 0 aliphatic carbocycles. The van der Waals surface area contributed by atoms with Crippen molar-refractivity contribution in [3.05, 3.63) is 0 Å². The lowest BCUT2D eigenvalue weighted by molar-refractivity contribution is -0.133. The summed E-state index contributed by atoms with van der Waals surface area (Å²) in [6.07, 6.45) is 0. The van der Waals surface area contributed by atoms with Crippen molar-refractivity contribution in [3.63, 3.8) is 0 Å². The maximum atomic E-state index is 10.8. The summed E-state index contributed by atoms with van der Waals surface area (Å²) in [5.41, 5.74) is 0. The molecule has 0 rings (SSSR count). The van der Waals surface area contributed by atoms with Gasteiger partial charge in [0.15, 0.2) is 0 Å². The summed E-state index contributed by atoms with van der Waals surface area (Å²) in [6.45, 7) is 8.02. The fraction of sp³-hybridized carbons (Fsp3) is 0.778. The Morgan fingerprint density at radius 2 is 1.77 bits per heavy atom. The Hall–Kier alpha value is -1.06. The van der Waals surface area contributed by atoms with Crippen molar-refractivity contribution in [2.45, 2.75) is 27.7 Å². The van der Waals surface area contributed by atoms with Crippen molar-refractivity contribution in [3.8, 4) is 0 Å². The van der Waals surface area contributed by atoms with Gasteiger partial charge in [0.25, 0.3) is 0 Å². The number of rotatable bonds is 3. The van der Waals surface area contributed by atoms with Gasteiger partial charge in [0.1, 0.15) is 0 Å². The first kappa shape index (κ1) is 14.5. The van der Waals surface area contributed by atoms with Gasteiger partial charge >= 0.3 is 0 Å². The number of nitrogens with zero attached hydrogens (tertiary/aromatic N) is 1. The van der Waals surface area contributed by atoms with Crippen LogP contribution in [0.5, 0.6) is 0 Å². The van der Waals surface area contributed by atoms with Gasteiger partial charge in [0, 0.05) is 20.5 Å². The van der Waals surface area contributed by atoms with Crippen molar-refractivity contribution in [1.29, 1.82) is 0 Å². The minimum atomic E-state index is -0.137. The molecular weight excluding hydrogens is 168 g/mol. The Labute approximate surface area is 80.3 Å². The summed E-state index contributed by atoms with van der Waals surface area (Å²) in [4.78, 5) is 23.0. The first-order valence-electron chi connectivity index (χ1n) is 4.57. The van der Waals surface area contributed by atoms with Gasteiger partial charge in [0.05, 0.1) is 6.54 Å². The maximum absolute atomic E-state index is 10.8. The first-order valence-corrected chi connectivity index (χ1v) is 4.57. The number of amides is 2. The van der Waals surface area contributed by atoms with Gasteiger partial charge in [-0.15, -0.1) is 0 Å². The van der Waals surface area contributed by atoms with Crippen LogP contribution in [-0.4, -0.2) is 36.9 Å². The molecule has 13 heavy (non-hydrogen) atoms. The van der Waals surface area contributed by atoms with E-state index >= 15 is 0 Å². The molecule has 0 spiro atoms. The Morgan fingerprint density at radius 1 is 1.31 bits per heavy atom. The van der Waals surface area contributed by atoms with E-state index in [4.69, 9.17) is 0 Å². The van der Waals surface area contributed by atoms with Crippen LogP contribution in [0.25, 0.3) is 0 Å². The molecule has 0 unspecified atom stereocenters. The normalized spacial score (nSPS) is 8.08. The van der Waals surface area contributed by atoms with Gasteiger partial charge in [-0.3, -0.25) is 9.59 Å². The quantitative estimate of drug-likeness (QED) is 0.706. The SMILES string of the molecule is CC.CCN(CC(=O)NC)C(C)=O. The third-order valence-corrected chi connectivity index (χ3v) is 1.44. The van der Waals surface area contributed by atoms with E-state index in [-0.39, 0.29) is 18.4 Å². The minimum absolute atomic E-state index is 0.0731. The average molecular weight is 188 g/mol. The van der Waals surface area contributed by atoms with Crippen LogP contribution in [-0.2, 0) is 9.59 Å². The van der Waals surface area contributed by atoms with Crippen LogP contribution >= 0.6 is 0 Å². The molecule has 0 heterocycles. The van der Waals surface area contributed by atoms with Crippen LogP contribution in [0.3, 0.4) is 0 Å². The van der Waals surface area contributed by atoms with E-state index in [2.05, 4.69) is 5.32 Å². The van der Waals surface area contributed by atoms with Crippen LogP contribution in [0.2, 0.25) is 0 Å². The van der Waals surface area contributed by atoms with E-state index < -0.39 is 0 Å². The van der Waals surface area contributed by atoms with Crippen molar-refractivity contribution in [2.75, 3.05) is 20.1 Å². The Bertz CT molecular complexity index is 158. The number of carbonyl (C=O) groups excluding carboxylic acids is 2. The van der Waals surface area contributed by atoms with Crippen molar-refractivity contribution < 1.29 is 9.59 Å². The molecule has 0 bridgehead atoms. The molecule has 0 atom stereocenters. The summed E-state index contributed by atoms with van der Waals surface area (Å²) in [5.74, 6) is -0.210. The lowest BCUT2D eigenvalue weighted by Gasteiger charge is -2.16. The zero-order valence-electron chi connectivity index (χ0n) is 9.18. The second-order valence-electron chi connectivity index (χ2n) is 2.21. The van der Waals surface area contributed by atoms with Crippen molar-refractivity contribution in [2.24, 2.45) is 0 Å². The van der Waals surface area contributed by atoms with Gasteiger partial charge in [0.2, 0.25) is 11.8 Å². The van der Waals surface area contributed by atoms with E-state index in [0.717, 1.165) is 0 Å². The third kappa shape index (κ3) is 7.31. The Balaban J connectivity index is 0. The van der Waals surface area contributed by atoms with E-state index in [1.54, 1.807) is 7.05 Å². The molecule has 78 valence electrons. The van der Waals surface area contributed by atoms with Gasteiger partial charge in [-0.1, -0.05) is 13.8 Å². The summed E-state index contributed by atoms with van der Waals surface area (Å²) >= 11 is 0. The number of nitrogens with one attached hydrogen (secondary N) is 1. The zero-order chi connectivity index (χ0) is 10.9. The van der Waals surface area contributed by atoms with Gasteiger partial charge in [-0.2, -0.15) is 0 Å². The van der Waals surface area contributed by atoms with E-state index in [0.29, 0.717) is 6.54 Å². The molecule has 0 aromatic carbocycles. The number of likely N-dealkylation sites (N-methyl/N-ethyl adjacent to an activating group) is 2. The van der Waals surface area contributed by atoms with E-state index in [1.807, 2.05) is 20.8 Å². The Morgan fingerprint density at radius 3 is 2.00 bits per heavy atom. The summed E-state index contributed by atoms with van der Waals surface area (Å²) in [5, 5.41) is 2.45. The van der Waals surface area contributed by atoms with Crippen molar-refractivity contribution in [1.82, 2.24) is 10.2 Å². The van der Waals surface area contributed by atoms with Gasteiger partial charge in [-0.05, 0) is 6.92 Å². The lowest BCUT2D eigenvalue weighted by Crippen LogP contribution is -2.38. The standard InChI is InChI=1S/C7H14N2O2.C2H6/c1-4-9(6(2)10)5-7(11)8-3;1-2/h4-5H2,1-3H3,(H,8,11);1-2H3. The number of hydrogen-bond acceptors (Lipinski definition) is 2. The molecule has 0 aliphatic rings. The summed E-state index contributed by atoms with van der Waals surface area (Å²) in [7, 11) is 1.55.